The summed E-state index contributed by atoms with van der Waals surface area (Å²) < 4.78 is 7.97. The first-order chi connectivity index (χ1) is 18.5. The highest BCUT2D eigenvalue weighted by Crippen LogP contribution is 2.22. The third kappa shape index (κ3) is 5.12. The molecule has 7 heteroatoms. The van der Waals surface area contributed by atoms with Gasteiger partial charge in [0.25, 0.3) is 11.5 Å². The first-order valence-corrected chi connectivity index (χ1v) is 12.8. The minimum absolute atomic E-state index is 0.136. The molecule has 6 nitrogen and oxygen atoms in total. The fourth-order valence-corrected chi connectivity index (χ4v) is 5.15. The maximum atomic E-state index is 13.6. The Labute approximate surface area is 223 Å². The van der Waals surface area contributed by atoms with Crippen molar-refractivity contribution in [3.05, 3.63) is 134 Å². The number of hydrogen-bond acceptors (Lipinski definition) is 5. The number of benzene rings is 3. The molecule has 1 amide bonds. The van der Waals surface area contributed by atoms with E-state index in [2.05, 4.69) is 5.32 Å². The van der Waals surface area contributed by atoms with E-state index in [1.165, 1.54) is 4.57 Å². The van der Waals surface area contributed by atoms with Gasteiger partial charge in [0.05, 0.1) is 16.3 Å². The zero-order valence-electron chi connectivity index (χ0n) is 20.5. The van der Waals surface area contributed by atoms with Gasteiger partial charge in [-0.3, -0.25) is 14.2 Å². The van der Waals surface area contributed by atoms with Crippen molar-refractivity contribution >= 4 is 28.9 Å². The highest BCUT2D eigenvalue weighted by Gasteiger charge is 2.19. The van der Waals surface area contributed by atoms with Crippen LogP contribution in [0, 0.1) is 11.3 Å². The van der Waals surface area contributed by atoms with Crippen molar-refractivity contribution in [2.24, 2.45) is 0 Å². The van der Waals surface area contributed by atoms with Crippen molar-refractivity contribution in [1.82, 2.24) is 9.88 Å². The Morgan fingerprint density at radius 1 is 0.947 bits per heavy atom. The lowest BCUT2D eigenvalue weighted by Gasteiger charge is -2.13. The highest BCUT2D eigenvalue weighted by atomic mass is 32.1. The van der Waals surface area contributed by atoms with Gasteiger partial charge in [-0.1, -0.05) is 78.9 Å². The molecule has 38 heavy (non-hydrogen) atoms. The van der Waals surface area contributed by atoms with Crippen LogP contribution < -0.4 is 20.1 Å². The number of nitrogens with zero attached hydrogens (tertiary/aromatic N) is 2. The molecule has 2 aromatic heterocycles. The Bertz CT molecular complexity index is 1800. The monoisotopic (exact) mass is 517 g/mol. The molecule has 0 spiro atoms. The normalized spacial score (nSPS) is 13.0. The Morgan fingerprint density at radius 3 is 2.24 bits per heavy atom. The standard InChI is InChI=1S/C31H23N3O3S/c1-21(22-11-5-2-6-12-22)33-29(35)26(20-32)31-34(24-15-9-4-10-16-24)30(36)28(38-31)19-25-17-18-27(37-25)23-13-7-3-8-14-23/h2-19,21H,1H3,(H,33,35). The molecule has 1 unspecified atom stereocenters. The Morgan fingerprint density at radius 2 is 1.58 bits per heavy atom. The summed E-state index contributed by atoms with van der Waals surface area (Å²) in [6, 6.07) is 33.5. The molecule has 0 radical (unpaired) electrons. The number of para-hydroxylation sites is 1. The van der Waals surface area contributed by atoms with Crippen molar-refractivity contribution in [2.75, 3.05) is 0 Å². The second kappa shape index (κ2) is 11.0. The summed E-state index contributed by atoms with van der Waals surface area (Å²) in [6.07, 6.45) is 1.64. The number of nitrogens with one attached hydrogen (secondary N) is 1. The van der Waals surface area contributed by atoms with Crippen LogP contribution in [0.1, 0.15) is 24.3 Å². The van der Waals surface area contributed by atoms with Gasteiger partial charge in [-0.25, -0.2) is 0 Å². The predicted octanol–water partition coefficient (Wildman–Crippen LogP) is 4.54. The molecule has 5 rings (SSSR count). The number of furan rings is 1. The van der Waals surface area contributed by atoms with E-state index in [0.717, 1.165) is 22.5 Å². The van der Waals surface area contributed by atoms with Crippen LogP contribution in [0.4, 0.5) is 0 Å². The van der Waals surface area contributed by atoms with Crippen LogP contribution in [0.3, 0.4) is 0 Å². The number of hydrogen-bond donors (Lipinski definition) is 1. The van der Waals surface area contributed by atoms with Gasteiger partial charge in [-0.15, -0.1) is 11.3 Å². The SMILES string of the molecule is CC(NC(=O)C(C#N)=c1sc(=Cc2ccc(-c3ccccc3)o2)c(=O)n1-c1ccccc1)c1ccccc1. The van der Waals surface area contributed by atoms with Crippen LogP contribution in [0.2, 0.25) is 0 Å². The minimum atomic E-state index is -0.550. The maximum absolute atomic E-state index is 13.6. The fourth-order valence-electron chi connectivity index (χ4n) is 4.07. The van der Waals surface area contributed by atoms with E-state index in [4.69, 9.17) is 4.42 Å². The summed E-state index contributed by atoms with van der Waals surface area (Å²) in [4.78, 5) is 26.9. The average Bonchev–Trinajstić information content (AvgIpc) is 3.55. The first-order valence-electron chi connectivity index (χ1n) is 12.0. The molecule has 0 fully saturated rings. The second-order valence-electron chi connectivity index (χ2n) is 8.55. The third-order valence-electron chi connectivity index (χ3n) is 6.00. The third-order valence-corrected chi connectivity index (χ3v) is 7.09. The fraction of sp³-hybridized carbons (Fsp3) is 0.0645. The number of rotatable bonds is 6. The van der Waals surface area contributed by atoms with E-state index in [9.17, 15) is 14.9 Å². The molecule has 1 N–H and O–H groups in total. The van der Waals surface area contributed by atoms with Gasteiger partial charge in [0.15, 0.2) is 5.57 Å². The zero-order chi connectivity index (χ0) is 26.5. The van der Waals surface area contributed by atoms with Gasteiger partial charge in [0, 0.05) is 11.6 Å². The lowest BCUT2D eigenvalue weighted by molar-refractivity contribution is -0.116. The van der Waals surface area contributed by atoms with Gasteiger partial charge in [-0.2, -0.15) is 5.26 Å². The number of thiazole rings is 1. The van der Waals surface area contributed by atoms with Gasteiger partial charge < -0.3 is 9.73 Å². The molecular weight excluding hydrogens is 494 g/mol. The van der Waals surface area contributed by atoms with Gasteiger partial charge in [-0.05, 0) is 36.8 Å². The second-order valence-corrected chi connectivity index (χ2v) is 9.58. The van der Waals surface area contributed by atoms with E-state index < -0.39 is 5.91 Å². The van der Waals surface area contributed by atoms with E-state index in [1.54, 1.807) is 36.4 Å². The first kappa shape index (κ1) is 24.8. The van der Waals surface area contributed by atoms with E-state index >= 15 is 0 Å². The van der Waals surface area contributed by atoms with Crippen LogP contribution in [0.25, 0.3) is 28.7 Å². The number of amides is 1. The molecular formula is C31H23N3O3S. The Balaban J connectivity index is 1.63. The van der Waals surface area contributed by atoms with Gasteiger partial charge in [0.1, 0.15) is 22.3 Å². The predicted molar refractivity (Wildman–Crippen MR) is 149 cm³/mol. The average molecular weight is 518 g/mol. The molecule has 3 aromatic carbocycles. The molecule has 0 bridgehead atoms. The lowest BCUT2D eigenvalue weighted by Crippen LogP contribution is -2.34. The van der Waals surface area contributed by atoms with Crippen molar-refractivity contribution in [2.45, 2.75) is 13.0 Å². The van der Waals surface area contributed by atoms with Crippen LogP contribution >= 0.6 is 11.3 Å². The molecule has 0 aliphatic heterocycles. The van der Waals surface area contributed by atoms with Gasteiger partial charge in [0.2, 0.25) is 0 Å². The summed E-state index contributed by atoms with van der Waals surface area (Å²) in [5.41, 5.74) is 1.91. The van der Waals surface area contributed by atoms with Crippen molar-refractivity contribution < 1.29 is 9.21 Å². The topological polar surface area (TPSA) is 88.0 Å². The summed E-state index contributed by atoms with van der Waals surface area (Å²) in [6.45, 7) is 1.85. The lowest BCUT2D eigenvalue weighted by atomic mass is 10.1. The maximum Gasteiger partial charge on any atom is 0.273 e. The number of carbonyl (C=O) groups excluding carboxylic acids is 1. The van der Waals surface area contributed by atoms with Crippen LogP contribution in [-0.4, -0.2) is 10.5 Å². The molecule has 1 atom stereocenters. The molecule has 0 aliphatic rings. The largest absolute Gasteiger partial charge is 0.457 e. The number of aromatic nitrogens is 1. The van der Waals surface area contributed by atoms with Crippen LogP contribution in [0.15, 0.2) is 112 Å². The Kier molecular flexibility index (Phi) is 7.16. The van der Waals surface area contributed by atoms with Gasteiger partial charge >= 0.3 is 0 Å². The quantitative estimate of drug-likeness (QED) is 0.358. The molecule has 0 saturated heterocycles. The van der Waals surface area contributed by atoms with Crippen molar-refractivity contribution in [3.8, 4) is 23.1 Å². The van der Waals surface area contributed by atoms with Crippen molar-refractivity contribution in [1.29, 1.82) is 5.26 Å². The van der Waals surface area contributed by atoms with Crippen molar-refractivity contribution in [3.63, 3.8) is 0 Å². The summed E-state index contributed by atoms with van der Waals surface area (Å²) in [5, 5.41) is 12.9. The molecule has 0 saturated carbocycles. The molecule has 5 aromatic rings. The van der Waals surface area contributed by atoms with Crippen LogP contribution in [-0.2, 0) is 4.79 Å². The van der Waals surface area contributed by atoms with E-state index in [-0.39, 0.29) is 21.8 Å². The smallest absolute Gasteiger partial charge is 0.273 e. The Hall–Kier alpha value is -4.93. The summed E-state index contributed by atoms with van der Waals surface area (Å²) in [7, 11) is 0. The molecule has 0 aliphatic carbocycles. The highest BCUT2D eigenvalue weighted by molar-refractivity contribution is 7.07. The zero-order valence-corrected chi connectivity index (χ0v) is 21.3. The number of nitriles is 1. The molecule has 2 heterocycles. The minimum Gasteiger partial charge on any atom is -0.457 e. The summed E-state index contributed by atoms with van der Waals surface area (Å²) in [5.74, 6) is 0.621. The molecule has 186 valence electrons. The summed E-state index contributed by atoms with van der Waals surface area (Å²) >= 11 is 1.08. The van der Waals surface area contributed by atoms with E-state index in [0.29, 0.717) is 21.7 Å². The van der Waals surface area contributed by atoms with Crippen LogP contribution in [0.5, 0.6) is 0 Å². The number of carbonyl (C=O) groups is 1. The van der Waals surface area contributed by atoms with E-state index in [1.807, 2.05) is 85.8 Å².